The van der Waals surface area contributed by atoms with Gasteiger partial charge in [0.1, 0.15) is 39.2 Å². The van der Waals surface area contributed by atoms with Gasteiger partial charge in [-0.1, -0.05) is 40.7 Å². The third-order valence-corrected chi connectivity index (χ3v) is 6.25. The van der Waals surface area contributed by atoms with Crippen molar-refractivity contribution < 1.29 is 9.76 Å². The molecule has 3 aromatic rings. The van der Waals surface area contributed by atoms with Gasteiger partial charge in [0.2, 0.25) is 0 Å². The standard InChI is InChI=1S/C24H22B6NO2/c1-12-10-16(13-6-8-14(9-7-13)30-33-24(4,5)23(2,3)32)31-11-15(12)17-18(25)20(27)22(29)21(28)19(17)26/h6-11,32H,1-5H3. The fourth-order valence-corrected chi connectivity index (χ4v) is 3.21. The van der Waals surface area contributed by atoms with Crippen molar-refractivity contribution in [3.63, 3.8) is 0 Å². The molecule has 0 saturated carbocycles. The van der Waals surface area contributed by atoms with Crippen LogP contribution in [0.5, 0.6) is 0 Å². The number of rotatable bonds is 6. The summed E-state index contributed by atoms with van der Waals surface area (Å²) >= 11 is 0. The molecule has 0 fully saturated rings. The summed E-state index contributed by atoms with van der Waals surface area (Å²) in [6.45, 7) is 9.06. The first-order chi connectivity index (χ1) is 15.2. The van der Waals surface area contributed by atoms with Crippen LogP contribution >= 0.6 is 0 Å². The van der Waals surface area contributed by atoms with Crippen LogP contribution in [0.2, 0.25) is 0 Å². The van der Waals surface area contributed by atoms with Crippen molar-refractivity contribution in [2.75, 3.05) is 0 Å². The fourth-order valence-electron chi connectivity index (χ4n) is 3.21. The lowest BCUT2D eigenvalue weighted by Gasteiger charge is -2.37. The van der Waals surface area contributed by atoms with E-state index in [1.165, 1.54) is 0 Å². The molecule has 1 heterocycles. The van der Waals surface area contributed by atoms with Gasteiger partial charge in [0.05, 0.1) is 16.9 Å². The highest BCUT2D eigenvalue weighted by atomic mass is 16.5. The summed E-state index contributed by atoms with van der Waals surface area (Å²) < 4.78 is 5.82. The van der Waals surface area contributed by atoms with E-state index in [0.29, 0.717) is 5.56 Å². The number of aromatic nitrogens is 1. The second-order valence-corrected chi connectivity index (χ2v) is 9.25. The third kappa shape index (κ3) is 5.05. The summed E-state index contributed by atoms with van der Waals surface area (Å²) in [4.78, 5) is 4.60. The molecule has 0 atom stereocenters. The lowest BCUT2D eigenvalue weighted by atomic mass is 9.59. The molecule has 153 valence electrons. The van der Waals surface area contributed by atoms with Crippen LogP contribution in [-0.2, 0) is 4.65 Å². The van der Waals surface area contributed by atoms with E-state index in [-0.39, 0.29) is 27.3 Å². The van der Waals surface area contributed by atoms with Crippen LogP contribution in [-0.4, -0.2) is 68.0 Å². The molecule has 3 nitrogen and oxygen atoms in total. The van der Waals surface area contributed by atoms with Gasteiger partial charge in [-0.25, -0.2) is 0 Å². The van der Waals surface area contributed by atoms with Gasteiger partial charge in [0.25, 0.3) is 0 Å². The summed E-state index contributed by atoms with van der Waals surface area (Å²) in [6, 6.07) is 9.71. The number of benzene rings is 2. The summed E-state index contributed by atoms with van der Waals surface area (Å²) in [6.07, 6.45) is 1.71. The van der Waals surface area contributed by atoms with Crippen LogP contribution in [0.25, 0.3) is 22.4 Å². The molecular weight excluding hydrogens is 399 g/mol. The zero-order valence-corrected chi connectivity index (χ0v) is 19.7. The first kappa shape index (κ1) is 25.5. The predicted octanol–water partition coefficient (Wildman–Crippen LogP) is -1.50. The summed E-state index contributed by atoms with van der Waals surface area (Å²) in [7, 11) is 32.0. The Hall–Kier alpha value is -2.10. The van der Waals surface area contributed by atoms with Crippen molar-refractivity contribution in [1.82, 2.24) is 4.98 Å². The summed E-state index contributed by atoms with van der Waals surface area (Å²) in [5, 5.41) is 10.2. The van der Waals surface area contributed by atoms with E-state index >= 15 is 0 Å². The minimum absolute atomic E-state index is 0.183. The molecule has 0 unspecified atom stereocenters. The van der Waals surface area contributed by atoms with Crippen molar-refractivity contribution in [1.29, 1.82) is 0 Å². The molecule has 1 N–H and O–H groups in total. The highest BCUT2D eigenvalue weighted by molar-refractivity contribution is 6.68. The number of hydrogen-bond donors (Lipinski definition) is 1. The van der Waals surface area contributed by atoms with E-state index in [1.54, 1.807) is 27.5 Å². The Bertz CT molecular complexity index is 1160. The predicted molar refractivity (Wildman–Crippen MR) is 144 cm³/mol. The van der Waals surface area contributed by atoms with Gasteiger partial charge >= 0.3 is 7.48 Å². The third-order valence-electron chi connectivity index (χ3n) is 6.25. The average Bonchev–Trinajstić information content (AvgIpc) is 2.75. The Labute approximate surface area is 204 Å². The molecule has 0 aliphatic carbocycles. The zero-order valence-electron chi connectivity index (χ0n) is 19.7. The molecule has 3 rings (SSSR count). The van der Waals surface area contributed by atoms with Crippen molar-refractivity contribution in [2.45, 2.75) is 45.8 Å². The molecule has 9 heteroatoms. The molecule has 2 aromatic carbocycles. The van der Waals surface area contributed by atoms with Crippen LogP contribution in [0.4, 0.5) is 0 Å². The number of nitrogens with zero attached hydrogens (tertiary/aromatic N) is 1. The fraction of sp³-hybridized carbons (Fsp3) is 0.292. The molecular formula is C24H22B6NO2. The Morgan fingerprint density at radius 2 is 1.36 bits per heavy atom. The van der Waals surface area contributed by atoms with Crippen LogP contribution in [0, 0.1) is 6.92 Å². The maximum absolute atomic E-state index is 10.2. The quantitative estimate of drug-likeness (QED) is 0.493. The lowest BCUT2D eigenvalue weighted by Crippen LogP contribution is -2.55. The Morgan fingerprint density at radius 1 is 0.848 bits per heavy atom. The van der Waals surface area contributed by atoms with E-state index in [4.69, 9.17) is 43.9 Å². The molecule has 33 heavy (non-hydrogen) atoms. The molecule has 0 aliphatic rings. The van der Waals surface area contributed by atoms with Crippen molar-refractivity contribution >= 4 is 79.5 Å². The van der Waals surface area contributed by atoms with Gasteiger partial charge in [0, 0.05) is 17.3 Å². The highest BCUT2D eigenvalue weighted by Crippen LogP contribution is 2.25. The van der Waals surface area contributed by atoms with Crippen LogP contribution in [0.1, 0.15) is 33.3 Å². The van der Waals surface area contributed by atoms with Gasteiger partial charge in [-0.05, 0) is 51.8 Å². The maximum Gasteiger partial charge on any atom is 0.330 e. The van der Waals surface area contributed by atoms with Crippen LogP contribution < -0.4 is 32.8 Å². The topological polar surface area (TPSA) is 42.4 Å². The molecule has 11 radical (unpaired) electrons. The highest BCUT2D eigenvalue weighted by Gasteiger charge is 2.35. The Morgan fingerprint density at radius 3 is 1.85 bits per heavy atom. The molecule has 0 spiro atoms. The van der Waals surface area contributed by atoms with E-state index in [9.17, 15) is 5.11 Å². The molecule has 1 aromatic heterocycles. The lowest BCUT2D eigenvalue weighted by molar-refractivity contribution is -0.0893. The summed E-state index contributed by atoms with van der Waals surface area (Å²) in [5.41, 5.74) is 4.22. The van der Waals surface area contributed by atoms with Crippen molar-refractivity contribution in [2.24, 2.45) is 0 Å². The normalized spacial score (nSPS) is 12.1. The van der Waals surface area contributed by atoms with Crippen molar-refractivity contribution in [3.8, 4) is 22.4 Å². The van der Waals surface area contributed by atoms with E-state index in [0.717, 1.165) is 27.8 Å². The smallest absolute Gasteiger partial charge is 0.330 e. The van der Waals surface area contributed by atoms with Gasteiger partial charge in [-0.2, -0.15) is 0 Å². The maximum atomic E-state index is 10.2. The Kier molecular flexibility index (Phi) is 7.17. The van der Waals surface area contributed by atoms with E-state index < -0.39 is 11.2 Å². The van der Waals surface area contributed by atoms with Gasteiger partial charge < -0.3 is 9.76 Å². The first-order valence-electron chi connectivity index (χ1n) is 10.6. The van der Waals surface area contributed by atoms with Gasteiger partial charge in [-0.3, -0.25) is 4.98 Å². The minimum Gasteiger partial charge on any atom is -0.427 e. The number of aryl methyl sites for hydroxylation is 1. The van der Waals surface area contributed by atoms with Crippen LogP contribution in [0.15, 0.2) is 36.5 Å². The zero-order chi connectivity index (χ0) is 24.7. The van der Waals surface area contributed by atoms with Gasteiger partial charge in [0.15, 0.2) is 0 Å². The molecule has 0 bridgehead atoms. The van der Waals surface area contributed by atoms with Crippen molar-refractivity contribution in [3.05, 3.63) is 42.1 Å². The average molecular weight is 421 g/mol. The summed E-state index contributed by atoms with van der Waals surface area (Å²) in [5.74, 6) is 0. The second kappa shape index (κ2) is 9.27. The SMILES string of the molecule is [B]c1c([B])c([B])c(-c2cnc(-c3ccc([B]OC(C)(C)C(C)(C)O)cc3)cc2C)c([B])c1[B]. The largest absolute Gasteiger partial charge is 0.427 e. The number of aliphatic hydroxyl groups is 1. The van der Waals surface area contributed by atoms with Crippen LogP contribution in [0.3, 0.4) is 0 Å². The Balaban J connectivity index is 1.87. The first-order valence-corrected chi connectivity index (χ1v) is 10.6. The second-order valence-electron chi connectivity index (χ2n) is 9.25. The minimum atomic E-state index is -0.987. The van der Waals surface area contributed by atoms with Gasteiger partial charge in [-0.15, -0.1) is 16.4 Å². The van der Waals surface area contributed by atoms with E-state index in [2.05, 4.69) is 4.98 Å². The number of hydrogen-bond acceptors (Lipinski definition) is 3. The molecule has 0 saturated heterocycles. The number of pyridine rings is 1. The molecule has 0 aliphatic heterocycles. The molecule has 0 amide bonds. The monoisotopic (exact) mass is 422 g/mol. The van der Waals surface area contributed by atoms with E-state index in [1.807, 2.05) is 51.1 Å².